The molecule has 2 aliphatic rings. The van der Waals surface area contributed by atoms with Gasteiger partial charge in [0, 0.05) is 45.6 Å². The molecule has 0 saturated carbocycles. The molecule has 5 nitrogen and oxygen atoms in total. The average Bonchev–Trinajstić information content (AvgIpc) is 2.74. The van der Waals surface area contributed by atoms with E-state index in [0.29, 0.717) is 6.54 Å². The van der Waals surface area contributed by atoms with E-state index in [1.807, 2.05) is 17.0 Å². The lowest BCUT2D eigenvalue weighted by Crippen LogP contribution is -2.49. The molecular weight excluding hydrogens is 349 g/mol. The Morgan fingerprint density at radius 1 is 1.21 bits per heavy atom. The van der Waals surface area contributed by atoms with Crippen molar-refractivity contribution in [3.8, 4) is 0 Å². The van der Waals surface area contributed by atoms with E-state index in [4.69, 9.17) is 10.5 Å². The van der Waals surface area contributed by atoms with E-state index in [9.17, 15) is 4.79 Å². The summed E-state index contributed by atoms with van der Waals surface area (Å²) in [5.74, 6) is 0.328. The largest absolute Gasteiger partial charge is 0.381 e. The molecule has 24 heavy (non-hydrogen) atoms. The summed E-state index contributed by atoms with van der Waals surface area (Å²) in [5.41, 5.74) is 8.66. The maximum Gasteiger partial charge on any atom is 0.240 e. The second-order valence-electron chi connectivity index (χ2n) is 6.29. The Hall–Kier alpha value is -1.01. The van der Waals surface area contributed by atoms with Crippen molar-refractivity contribution in [2.24, 2.45) is 11.7 Å². The standard InChI is InChI=1S/C17H25N3O2.2ClH/c1-19-8-9-20(12-14-4-2-3-5-15(14)19)17(21)16(18)13-6-10-22-11-7-13;;/h2-5,13,16H,6-12,18H2,1H3;2*1H. The maximum atomic E-state index is 12.8. The molecule has 3 rings (SSSR count). The SMILES string of the molecule is CN1CCN(C(=O)C(N)C2CCOCC2)Cc2ccccc21.Cl.Cl. The molecule has 0 radical (unpaired) electrons. The Bertz CT molecular complexity index is 538. The van der Waals surface area contributed by atoms with E-state index < -0.39 is 6.04 Å². The molecule has 0 aliphatic carbocycles. The first kappa shape index (κ1) is 21.0. The molecule has 1 amide bonds. The summed E-state index contributed by atoms with van der Waals surface area (Å²) in [6.45, 7) is 3.65. The van der Waals surface area contributed by atoms with Crippen molar-refractivity contribution in [2.45, 2.75) is 25.4 Å². The Labute approximate surface area is 156 Å². The predicted molar refractivity (Wildman–Crippen MR) is 101 cm³/mol. The molecule has 0 aromatic heterocycles. The minimum absolute atomic E-state index is 0. The molecule has 2 heterocycles. The van der Waals surface area contributed by atoms with Crippen LogP contribution in [0, 0.1) is 5.92 Å². The maximum absolute atomic E-state index is 12.8. The number of rotatable bonds is 2. The van der Waals surface area contributed by atoms with Gasteiger partial charge in [0.2, 0.25) is 5.91 Å². The van der Waals surface area contributed by atoms with Gasteiger partial charge in [-0.15, -0.1) is 24.8 Å². The first-order chi connectivity index (χ1) is 10.7. The number of anilines is 1. The van der Waals surface area contributed by atoms with E-state index in [0.717, 1.165) is 39.1 Å². The highest BCUT2D eigenvalue weighted by atomic mass is 35.5. The molecule has 0 spiro atoms. The van der Waals surface area contributed by atoms with Crippen LogP contribution in [-0.4, -0.2) is 50.2 Å². The minimum atomic E-state index is -0.403. The fourth-order valence-electron chi connectivity index (χ4n) is 3.37. The summed E-state index contributed by atoms with van der Waals surface area (Å²) in [5, 5.41) is 0. The fourth-order valence-corrected chi connectivity index (χ4v) is 3.37. The number of amides is 1. The lowest BCUT2D eigenvalue weighted by molar-refractivity contribution is -0.135. The van der Waals surface area contributed by atoms with Crippen LogP contribution in [0.1, 0.15) is 18.4 Å². The molecule has 0 bridgehead atoms. The van der Waals surface area contributed by atoms with E-state index in [1.54, 1.807) is 0 Å². The van der Waals surface area contributed by atoms with Crippen molar-refractivity contribution in [1.82, 2.24) is 4.90 Å². The van der Waals surface area contributed by atoms with Crippen LogP contribution in [0.5, 0.6) is 0 Å². The molecule has 1 unspecified atom stereocenters. The number of halogens is 2. The van der Waals surface area contributed by atoms with Crippen LogP contribution >= 0.6 is 24.8 Å². The third-order valence-electron chi connectivity index (χ3n) is 4.84. The van der Waals surface area contributed by atoms with Crippen LogP contribution in [-0.2, 0) is 16.1 Å². The highest BCUT2D eigenvalue weighted by molar-refractivity contribution is 5.85. The Morgan fingerprint density at radius 3 is 2.58 bits per heavy atom. The Kier molecular flexibility index (Phi) is 8.30. The number of fused-ring (bicyclic) bond motifs is 1. The number of benzene rings is 1. The number of para-hydroxylation sites is 1. The number of carbonyl (C=O) groups excluding carboxylic acids is 1. The number of likely N-dealkylation sites (N-methyl/N-ethyl adjacent to an activating group) is 1. The first-order valence-electron chi connectivity index (χ1n) is 8.08. The predicted octanol–water partition coefficient (Wildman–Crippen LogP) is 2.06. The lowest BCUT2D eigenvalue weighted by atomic mass is 9.91. The fraction of sp³-hybridized carbons (Fsp3) is 0.588. The van der Waals surface area contributed by atoms with Crippen molar-refractivity contribution >= 4 is 36.4 Å². The molecule has 1 aromatic rings. The molecule has 1 saturated heterocycles. The van der Waals surface area contributed by atoms with Crippen LogP contribution in [0.3, 0.4) is 0 Å². The highest BCUT2D eigenvalue weighted by Gasteiger charge is 2.31. The van der Waals surface area contributed by atoms with Gasteiger partial charge in [0.05, 0.1) is 6.04 Å². The van der Waals surface area contributed by atoms with Crippen molar-refractivity contribution in [2.75, 3.05) is 38.3 Å². The van der Waals surface area contributed by atoms with Crippen LogP contribution < -0.4 is 10.6 Å². The van der Waals surface area contributed by atoms with Gasteiger partial charge in [0.1, 0.15) is 0 Å². The zero-order chi connectivity index (χ0) is 15.5. The number of ether oxygens (including phenoxy) is 1. The van der Waals surface area contributed by atoms with Gasteiger partial charge in [-0.3, -0.25) is 4.79 Å². The number of hydrogen-bond donors (Lipinski definition) is 1. The van der Waals surface area contributed by atoms with Crippen LogP contribution in [0.15, 0.2) is 24.3 Å². The molecule has 2 aliphatic heterocycles. The van der Waals surface area contributed by atoms with Crippen molar-refractivity contribution in [3.63, 3.8) is 0 Å². The average molecular weight is 376 g/mol. The quantitative estimate of drug-likeness (QED) is 0.859. The second kappa shape index (κ2) is 9.47. The van der Waals surface area contributed by atoms with E-state index in [1.165, 1.54) is 11.3 Å². The third kappa shape index (κ3) is 4.54. The number of carbonyl (C=O) groups is 1. The van der Waals surface area contributed by atoms with Gasteiger partial charge in [-0.05, 0) is 30.4 Å². The van der Waals surface area contributed by atoms with Crippen LogP contribution in [0.25, 0.3) is 0 Å². The van der Waals surface area contributed by atoms with Gasteiger partial charge in [-0.1, -0.05) is 18.2 Å². The summed E-state index contributed by atoms with van der Waals surface area (Å²) < 4.78 is 5.37. The highest BCUT2D eigenvalue weighted by Crippen LogP contribution is 2.25. The smallest absolute Gasteiger partial charge is 0.240 e. The van der Waals surface area contributed by atoms with Gasteiger partial charge in [0.15, 0.2) is 0 Å². The van der Waals surface area contributed by atoms with Crippen LogP contribution in [0.2, 0.25) is 0 Å². The third-order valence-corrected chi connectivity index (χ3v) is 4.84. The summed E-state index contributed by atoms with van der Waals surface area (Å²) >= 11 is 0. The summed E-state index contributed by atoms with van der Waals surface area (Å²) in [6.07, 6.45) is 1.77. The normalized spacial score (nSPS) is 19.4. The topological polar surface area (TPSA) is 58.8 Å². The minimum Gasteiger partial charge on any atom is -0.381 e. The zero-order valence-corrected chi connectivity index (χ0v) is 15.7. The van der Waals surface area contributed by atoms with Crippen molar-refractivity contribution < 1.29 is 9.53 Å². The summed E-state index contributed by atoms with van der Waals surface area (Å²) in [6, 6.07) is 7.87. The Morgan fingerprint density at radius 2 is 1.88 bits per heavy atom. The molecule has 136 valence electrons. The van der Waals surface area contributed by atoms with Gasteiger partial charge >= 0.3 is 0 Å². The van der Waals surface area contributed by atoms with Gasteiger partial charge < -0.3 is 20.3 Å². The van der Waals surface area contributed by atoms with E-state index >= 15 is 0 Å². The number of nitrogens with two attached hydrogens (primary N) is 1. The summed E-state index contributed by atoms with van der Waals surface area (Å²) in [4.78, 5) is 16.9. The van der Waals surface area contributed by atoms with E-state index in [2.05, 4.69) is 24.1 Å². The molecule has 1 atom stereocenters. The van der Waals surface area contributed by atoms with Crippen molar-refractivity contribution in [1.29, 1.82) is 0 Å². The molecule has 2 N–H and O–H groups in total. The van der Waals surface area contributed by atoms with Gasteiger partial charge in [-0.2, -0.15) is 0 Å². The first-order valence-corrected chi connectivity index (χ1v) is 8.08. The van der Waals surface area contributed by atoms with Gasteiger partial charge in [-0.25, -0.2) is 0 Å². The van der Waals surface area contributed by atoms with Crippen LogP contribution in [0.4, 0.5) is 5.69 Å². The van der Waals surface area contributed by atoms with Crippen molar-refractivity contribution in [3.05, 3.63) is 29.8 Å². The molecule has 7 heteroatoms. The second-order valence-corrected chi connectivity index (χ2v) is 6.29. The number of nitrogens with zero attached hydrogens (tertiary/aromatic N) is 2. The van der Waals surface area contributed by atoms with Gasteiger partial charge in [0.25, 0.3) is 0 Å². The summed E-state index contributed by atoms with van der Waals surface area (Å²) in [7, 11) is 2.07. The monoisotopic (exact) mass is 375 g/mol. The zero-order valence-electron chi connectivity index (χ0n) is 14.0. The molecular formula is C17H27Cl2N3O2. The number of hydrogen-bond acceptors (Lipinski definition) is 4. The molecule has 1 fully saturated rings. The Balaban J connectivity index is 0.00000144. The van der Waals surface area contributed by atoms with E-state index in [-0.39, 0.29) is 36.6 Å². The molecule has 1 aromatic carbocycles. The lowest BCUT2D eigenvalue weighted by Gasteiger charge is -2.31.